The molecule has 1 saturated heterocycles. The zero-order valence-corrected chi connectivity index (χ0v) is 22.2. The molecule has 5 N–H and O–H groups in total. The lowest BCUT2D eigenvalue weighted by molar-refractivity contribution is -0.126. The van der Waals surface area contributed by atoms with Crippen LogP contribution in [0, 0.1) is 5.82 Å². The van der Waals surface area contributed by atoms with Gasteiger partial charge in [-0.15, -0.1) is 0 Å². The number of hydrogen-bond acceptors (Lipinski definition) is 8. The van der Waals surface area contributed by atoms with Crippen molar-refractivity contribution in [3.8, 4) is 0 Å². The number of ether oxygens (including phenoxy) is 1. The zero-order chi connectivity index (χ0) is 28.2. The number of halogens is 1. The molecule has 1 fully saturated rings. The van der Waals surface area contributed by atoms with E-state index in [2.05, 4.69) is 14.7 Å². The van der Waals surface area contributed by atoms with Crippen LogP contribution in [-0.2, 0) is 16.1 Å². The Morgan fingerprint density at radius 3 is 2.67 bits per heavy atom. The maximum atomic E-state index is 14.1. The summed E-state index contributed by atoms with van der Waals surface area (Å²) in [7, 11) is 0. The first-order valence-electron chi connectivity index (χ1n) is 12.7. The summed E-state index contributed by atoms with van der Waals surface area (Å²) in [6.07, 6.45) is 3.27. The highest BCUT2D eigenvalue weighted by molar-refractivity contribution is 7.09. The van der Waals surface area contributed by atoms with Crippen molar-refractivity contribution in [1.82, 2.24) is 19.6 Å². The Hall–Kier alpha value is -4.42. The number of carbonyl (C=O) groups excluding carboxylic acids is 3. The van der Waals surface area contributed by atoms with Gasteiger partial charge in [-0.25, -0.2) is 4.39 Å². The number of primary amides is 1. The molecule has 0 spiro atoms. The first-order valence-corrected chi connectivity index (χ1v) is 13.4. The van der Waals surface area contributed by atoms with Gasteiger partial charge in [0.2, 0.25) is 5.91 Å². The number of rotatable bonds is 9. The van der Waals surface area contributed by atoms with Crippen molar-refractivity contribution in [3.05, 3.63) is 88.3 Å². The van der Waals surface area contributed by atoms with E-state index in [1.807, 2.05) is 6.07 Å². The molecule has 2 aromatic heterocycles. The minimum atomic E-state index is -1.12. The molecule has 0 aliphatic carbocycles. The monoisotopic (exact) mass is 562 g/mol. The second-order valence-corrected chi connectivity index (χ2v) is 10.2. The van der Waals surface area contributed by atoms with Gasteiger partial charge in [0.1, 0.15) is 16.7 Å². The summed E-state index contributed by atoms with van der Waals surface area (Å²) >= 11 is 0.726. The summed E-state index contributed by atoms with van der Waals surface area (Å²) in [5, 5.41) is 3.72. The van der Waals surface area contributed by atoms with Crippen LogP contribution in [0.4, 0.5) is 10.1 Å². The number of nitrogens with two attached hydrogens (primary N) is 2. The van der Waals surface area contributed by atoms with Gasteiger partial charge in [0, 0.05) is 31.3 Å². The molecule has 0 radical (unpaired) electrons. The second kappa shape index (κ2) is 11.8. The third kappa shape index (κ3) is 5.77. The molecular weight excluding hydrogens is 535 g/mol. The summed E-state index contributed by atoms with van der Waals surface area (Å²) in [6, 6.07) is 13.5. The molecule has 0 bridgehead atoms. The van der Waals surface area contributed by atoms with Crippen LogP contribution in [0.2, 0.25) is 0 Å². The van der Waals surface area contributed by atoms with Crippen LogP contribution in [0.3, 0.4) is 0 Å². The van der Waals surface area contributed by atoms with Gasteiger partial charge in [-0.2, -0.15) is 4.37 Å². The lowest BCUT2D eigenvalue weighted by Gasteiger charge is -2.32. The molecule has 3 amide bonds. The summed E-state index contributed by atoms with van der Waals surface area (Å²) in [4.78, 5) is 45.4. The second-order valence-electron chi connectivity index (χ2n) is 9.44. The number of nitrogens with zero attached hydrogens (tertiary/aromatic N) is 3. The normalized spacial score (nSPS) is 15.6. The molecule has 1 aliphatic heterocycles. The number of aromatic nitrogens is 2. The van der Waals surface area contributed by atoms with Gasteiger partial charge in [0.05, 0.1) is 17.3 Å². The molecule has 2 atom stereocenters. The highest BCUT2D eigenvalue weighted by Crippen LogP contribution is 2.31. The van der Waals surface area contributed by atoms with Crippen LogP contribution in [0.15, 0.2) is 60.8 Å². The zero-order valence-electron chi connectivity index (χ0n) is 21.4. The van der Waals surface area contributed by atoms with Crippen molar-refractivity contribution in [2.45, 2.75) is 31.5 Å². The largest absolute Gasteiger partial charge is 0.395 e. The molecule has 3 heterocycles. The van der Waals surface area contributed by atoms with Crippen LogP contribution in [-0.4, -0.2) is 51.2 Å². The molecule has 2 unspecified atom stereocenters. The number of anilines is 1. The van der Waals surface area contributed by atoms with Crippen LogP contribution in [0.1, 0.15) is 50.2 Å². The van der Waals surface area contributed by atoms with Gasteiger partial charge >= 0.3 is 0 Å². The molecule has 2 aromatic carbocycles. The number of fused-ring (bicyclic) bond motifs is 1. The molecule has 10 nitrogen and oxygen atoms in total. The van der Waals surface area contributed by atoms with Gasteiger partial charge in [-0.1, -0.05) is 24.3 Å². The fourth-order valence-corrected chi connectivity index (χ4v) is 5.44. The van der Waals surface area contributed by atoms with Crippen molar-refractivity contribution in [2.75, 3.05) is 18.9 Å². The summed E-state index contributed by atoms with van der Waals surface area (Å²) in [5.74, 6) is -2.37. The van der Waals surface area contributed by atoms with Crippen molar-refractivity contribution in [1.29, 1.82) is 0 Å². The maximum absolute atomic E-state index is 14.1. The van der Waals surface area contributed by atoms with Crippen molar-refractivity contribution < 1.29 is 23.5 Å². The summed E-state index contributed by atoms with van der Waals surface area (Å²) in [6.45, 7) is 0.840. The van der Waals surface area contributed by atoms with Gasteiger partial charge in [-0.05, 0) is 65.8 Å². The molecule has 4 aromatic rings. The van der Waals surface area contributed by atoms with Gasteiger partial charge in [-0.3, -0.25) is 19.4 Å². The Balaban J connectivity index is 1.59. The predicted octanol–water partition coefficient (Wildman–Crippen LogP) is 3.19. The SMILES string of the molecule is NC(=O)c1nsc(C(=O)N(Cc2ccc(F)cc2)C(C(=O)NCC2CCCO2)c2ccc3ncccc3c2)c1N. The number of nitrogen functional groups attached to an aromatic ring is 1. The average molecular weight is 563 g/mol. The molecule has 1 aliphatic rings. The van der Waals surface area contributed by atoms with Crippen LogP contribution in [0.25, 0.3) is 10.9 Å². The minimum absolute atomic E-state index is 0.0321. The van der Waals surface area contributed by atoms with E-state index >= 15 is 0 Å². The minimum Gasteiger partial charge on any atom is -0.395 e. The Morgan fingerprint density at radius 1 is 1.18 bits per heavy atom. The van der Waals surface area contributed by atoms with Crippen molar-refractivity contribution in [2.24, 2.45) is 5.73 Å². The number of pyridine rings is 1. The fraction of sp³-hybridized carbons (Fsp3) is 0.250. The van der Waals surface area contributed by atoms with E-state index in [1.54, 1.807) is 30.5 Å². The van der Waals surface area contributed by atoms with E-state index in [1.165, 1.54) is 29.2 Å². The third-order valence-electron chi connectivity index (χ3n) is 6.71. The topological polar surface area (TPSA) is 154 Å². The standard InChI is InChI=1S/C28H27FN6O4S/c29-19-8-5-16(6-9-19)15-35(28(38)25-22(30)23(26(31)36)34-40-25)24(27(37)33-14-20-4-2-12-39-20)18-7-10-21-17(13-18)3-1-11-32-21/h1,3,5-11,13,20,24H,2,4,12,14-15,30H2,(H2,31,36)(H,33,37). The molecule has 12 heteroatoms. The number of benzene rings is 2. The smallest absolute Gasteiger partial charge is 0.270 e. The number of carbonyl (C=O) groups is 3. The number of nitrogens with one attached hydrogen (secondary N) is 1. The Labute approximate surface area is 233 Å². The quantitative estimate of drug-likeness (QED) is 0.283. The van der Waals surface area contributed by atoms with Crippen LogP contribution >= 0.6 is 11.5 Å². The maximum Gasteiger partial charge on any atom is 0.270 e. The van der Waals surface area contributed by atoms with Gasteiger partial charge < -0.3 is 26.4 Å². The van der Waals surface area contributed by atoms with Crippen LogP contribution < -0.4 is 16.8 Å². The van der Waals surface area contributed by atoms with Gasteiger partial charge in [0.15, 0.2) is 5.69 Å². The van der Waals surface area contributed by atoms with E-state index < -0.39 is 29.6 Å². The van der Waals surface area contributed by atoms with E-state index in [0.717, 1.165) is 35.3 Å². The van der Waals surface area contributed by atoms with Gasteiger partial charge in [0.25, 0.3) is 11.8 Å². The molecule has 40 heavy (non-hydrogen) atoms. The number of hydrogen-bond donors (Lipinski definition) is 3. The predicted molar refractivity (Wildman–Crippen MR) is 148 cm³/mol. The highest BCUT2D eigenvalue weighted by atomic mass is 32.1. The fourth-order valence-electron chi connectivity index (χ4n) is 4.68. The Morgan fingerprint density at radius 2 is 1.98 bits per heavy atom. The number of amides is 3. The van der Waals surface area contributed by atoms with E-state index in [4.69, 9.17) is 16.2 Å². The summed E-state index contributed by atoms with van der Waals surface area (Å²) in [5.41, 5.74) is 12.9. The third-order valence-corrected chi connectivity index (χ3v) is 7.56. The lowest BCUT2D eigenvalue weighted by Crippen LogP contribution is -2.45. The molecule has 206 valence electrons. The lowest BCUT2D eigenvalue weighted by atomic mass is 10.00. The van der Waals surface area contributed by atoms with Crippen LogP contribution in [0.5, 0.6) is 0 Å². The van der Waals surface area contributed by atoms with E-state index in [0.29, 0.717) is 17.7 Å². The highest BCUT2D eigenvalue weighted by Gasteiger charge is 2.35. The molecule has 5 rings (SSSR count). The summed E-state index contributed by atoms with van der Waals surface area (Å²) < 4.78 is 23.3. The van der Waals surface area contributed by atoms with Crippen molar-refractivity contribution >= 4 is 45.8 Å². The molecular formula is C28H27FN6O4S. The first-order chi connectivity index (χ1) is 19.3. The average Bonchev–Trinajstić information content (AvgIpc) is 3.62. The van der Waals surface area contributed by atoms with Crippen molar-refractivity contribution in [3.63, 3.8) is 0 Å². The first kappa shape index (κ1) is 27.2. The Kier molecular flexibility index (Phi) is 7.99. The van der Waals surface area contributed by atoms with E-state index in [-0.39, 0.29) is 35.5 Å². The van der Waals surface area contributed by atoms with E-state index in [9.17, 15) is 18.8 Å². The molecule has 0 saturated carbocycles. The Bertz CT molecular complexity index is 1550.